The number of anilines is 1. The molecule has 0 saturated carbocycles. The van der Waals surface area contributed by atoms with Crippen LogP contribution in [0.4, 0.5) is 5.82 Å². The minimum absolute atomic E-state index is 0.0132. The van der Waals surface area contributed by atoms with Crippen LogP contribution in [-0.4, -0.2) is 46.1 Å². The first-order valence-electron chi connectivity index (χ1n) is 6.35. The molecule has 0 aliphatic carbocycles. The second kappa shape index (κ2) is 6.38. The van der Waals surface area contributed by atoms with Gasteiger partial charge >= 0.3 is 0 Å². The molecule has 1 heterocycles. The fraction of sp³-hybridized carbons (Fsp3) is 0.286. The van der Waals surface area contributed by atoms with E-state index in [0.29, 0.717) is 23.3 Å². The molecule has 0 fully saturated rings. The van der Waals surface area contributed by atoms with Crippen LogP contribution in [0.1, 0.15) is 10.4 Å². The summed E-state index contributed by atoms with van der Waals surface area (Å²) in [5.41, 5.74) is 7.25. The van der Waals surface area contributed by atoms with Gasteiger partial charge in [0, 0.05) is 5.56 Å². The van der Waals surface area contributed by atoms with Gasteiger partial charge in [0.2, 0.25) is 0 Å². The number of nitrogen functional groups attached to an aromatic ring is 1. The van der Waals surface area contributed by atoms with Crippen LogP contribution in [0.5, 0.6) is 5.75 Å². The molecule has 21 heavy (non-hydrogen) atoms. The van der Waals surface area contributed by atoms with Crippen molar-refractivity contribution in [1.82, 2.24) is 9.78 Å². The maximum absolute atomic E-state index is 11.2. The van der Waals surface area contributed by atoms with E-state index in [1.807, 2.05) is 0 Å². The van der Waals surface area contributed by atoms with E-state index in [0.717, 1.165) is 0 Å². The largest absolute Gasteiger partial charge is 0.497 e. The van der Waals surface area contributed by atoms with Gasteiger partial charge in [-0.3, -0.25) is 4.79 Å². The van der Waals surface area contributed by atoms with E-state index in [1.165, 1.54) is 4.68 Å². The Kier molecular flexibility index (Phi) is 4.56. The van der Waals surface area contributed by atoms with E-state index in [2.05, 4.69) is 5.10 Å². The molecule has 0 radical (unpaired) electrons. The first-order valence-corrected chi connectivity index (χ1v) is 6.35. The van der Waals surface area contributed by atoms with Crippen molar-refractivity contribution in [3.63, 3.8) is 0 Å². The average molecular weight is 291 g/mol. The first-order chi connectivity index (χ1) is 10.1. The zero-order valence-corrected chi connectivity index (χ0v) is 11.6. The van der Waals surface area contributed by atoms with Crippen molar-refractivity contribution >= 4 is 12.1 Å². The van der Waals surface area contributed by atoms with Crippen molar-refractivity contribution in [2.75, 3.05) is 19.5 Å². The summed E-state index contributed by atoms with van der Waals surface area (Å²) in [6.45, 7) is -0.396. The minimum atomic E-state index is -0.990. The number of methoxy groups -OCH3 is 1. The molecule has 1 unspecified atom stereocenters. The van der Waals surface area contributed by atoms with Crippen LogP contribution in [0.25, 0.3) is 11.3 Å². The number of hydrogen-bond donors (Lipinski definition) is 3. The lowest BCUT2D eigenvalue weighted by atomic mass is 10.1. The Morgan fingerprint density at radius 3 is 2.62 bits per heavy atom. The third-order valence-electron chi connectivity index (χ3n) is 3.11. The molecule has 1 atom stereocenters. The Morgan fingerprint density at radius 1 is 1.43 bits per heavy atom. The minimum Gasteiger partial charge on any atom is -0.497 e. The monoisotopic (exact) mass is 291 g/mol. The van der Waals surface area contributed by atoms with E-state index in [1.54, 1.807) is 31.4 Å². The Bertz CT molecular complexity index is 622. The van der Waals surface area contributed by atoms with Crippen molar-refractivity contribution in [2.24, 2.45) is 0 Å². The highest BCUT2D eigenvalue weighted by atomic mass is 16.5. The molecular weight excluding hydrogens is 274 g/mol. The van der Waals surface area contributed by atoms with Crippen LogP contribution in [0, 0.1) is 0 Å². The standard InChI is InChI=1S/C14H17N3O4/c1-21-11-4-2-9(3-5-11)13-12(8-19)14(15)17(16-13)6-10(20)7-18/h2-5,8,10,18,20H,6-7,15H2,1H3. The lowest BCUT2D eigenvalue weighted by Crippen LogP contribution is -2.21. The number of aldehydes is 1. The van der Waals surface area contributed by atoms with Crippen molar-refractivity contribution < 1.29 is 19.7 Å². The van der Waals surface area contributed by atoms with Gasteiger partial charge in [-0.1, -0.05) is 0 Å². The highest BCUT2D eigenvalue weighted by Gasteiger charge is 2.18. The number of nitrogens with zero attached hydrogens (tertiary/aromatic N) is 2. The Balaban J connectivity index is 2.42. The van der Waals surface area contributed by atoms with Crippen LogP contribution in [0.3, 0.4) is 0 Å². The summed E-state index contributed by atoms with van der Waals surface area (Å²) in [5.74, 6) is 0.845. The van der Waals surface area contributed by atoms with Crippen molar-refractivity contribution in [2.45, 2.75) is 12.6 Å². The topological polar surface area (TPSA) is 111 Å². The van der Waals surface area contributed by atoms with Gasteiger partial charge in [-0.15, -0.1) is 0 Å². The van der Waals surface area contributed by atoms with Gasteiger partial charge in [0.15, 0.2) is 6.29 Å². The SMILES string of the molecule is COc1ccc(-c2nn(CC(O)CO)c(N)c2C=O)cc1. The normalized spacial score (nSPS) is 12.1. The third kappa shape index (κ3) is 3.04. The molecule has 0 aliphatic rings. The average Bonchev–Trinajstić information content (AvgIpc) is 2.83. The molecular formula is C14H17N3O4. The Labute approximate surface area is 121 Å². The molecule has 0 amide bonds. The molecule has 0 spiro atoms. The number of carbonyl (C=O) groups excluding carboxylic acids is 1. The van der Waals surface area contributed by atoms with Crippen molar-refractivity contribution in [1.29, 1.82) is 0 Å². The van der Waals surface area contributed by atoms with Crippen LogP contribution in [-0.2, 0) is 6.54 Å². The van der Waals surface area contributed by atoms with E-state index in [9.17, 15) is 9.90 Å². The highest BCUT2D eigenvalue weighted by Crippen LogP contribution is 2.27. The summed E-state index contributed by atoms with van der Waals surface area (Å²) in [6, 6.07) is 7.03. The van der Waals surface area contributed by atoms with Gasteiger partial charge in [0.1, 0.15) is 17.3 Å². The summed E-state index contributed by atoms with van der Waals surface area (Å²) in [4.78, 5) is 11.2. The number of aliphatic hydroxyl groups is 2. The molecule has 0 saturated heterocycles. The van der Waals surface area contributed by atoms with Crippen LogP contribution >= 0.6 is 0 Å². The van der Waals surface area contributed by atoms with E-state index in [-0.39, 0.29) is 17.9 Å². The number of rotatable bonds is 6. The molecule has 1 aromatic heterocycles. The van der Waals surface area contributed by atoms with Crippen molar-refractivity contribution in [3.8, 4) is 17.0 Å². The summed E-state index contributed by atoms with van der Waals surface area (Å²) in [7, 11) is 1.56. The molecule has 4 N–H and O–H groups in total. The molecule has 1 aromatic carbocycles. The van der Waals surface area contributed by atoms with Crippen molar-refractivity contribution in [3.05, 3.63) is 29.8 Å². The number of carbonyl (C=O) groups is 1. The van der Waals surface area contributed by atoms with Crippen LogP contribution in [0.2, 0.25) is 0 Å². The molecule has 112 valence electrons. The van der Waals surface area contributed by atoms with Gasteiger partial charge in [-0.25, -0.2) is 4.68 Å². The Morgan fingerprint density at radius 2 is 2.10 bits per heavy atom. The van der Waals surface area contributed by atoms with Crippen LogP contribution < -0.4 is 10.5 Å². The summed E-state index contributed by atoms with van der Waals surface area (Å²) in [6.07, 6.45) is -0.362. The predicted octanol–water partition coefficient (Wildman–Crippen LogP) is 0.307. The fourth-order valence-corrected chi connectivity index (χ4v) is 1.96. The van der Waals surface area contributed by atoms with E-state index < -0.39 is 12.7 Å². The first kappa shape index (κ1) is 15.0. The summed E-state index contributed by atoms with van der Waals surface area (Å²) < 4.78 is 6.39. The quantitative estimate of drug-likeness (QED) is 0.660. The lowest BCUT2D eigenvalue weighted by molar-refractivity contribution is 0.0788. The summed E-state index contributed by atoms with van der Waals surface area (Å²) >= 11 is 0. The number of nitrogens with two attached hydrogens (primary N) is 1. The van der Waals surface area contributed by atoms with Gasteiger partial charge in [-0.2, -0.15) is 5.10 Å². The third-order valence-corrected chi connectivity index (χ3v) is 3.11. The smallest absolute Gasteiger partial charge is 0.156 e. The predicted molar refractivity (Wildman–Crippen MR) is 77.1 cm³/mol. The number of aromatic nitrogens is 2. The van der Waals surface area contributed by atoms with Gasteiger partial charge in [-0.05, 0) is 24.3 Å². The molecule has 0 bridgehead atoms. The molecule has 2 rings (SSSR count). The lowest BCUT2D eigenvalue weighted by Gasteiger charge is -2.08. The van der Waals surface area contributed by atoms with Gasteiger partial charge < -0.3 is 20.7 Å². The van der Waals surface area contributed by atoms with Gasteiger partial charge in [0.05, 0.1) is 31.9 Å². The number of hydrogen-bond acceptors (Lipinski definition) is 6. The van der Waals surface area contributed by atoms with E-state index >= 15 is 0 Å². The second-order valence-corrected chi connectivity index (χ2v) is 4.51. The Hall–Kier alpha value is -2.38. The maximum atomic E-state index is 11.2. The van der Waals surface area contributed by atoms with Gasteiger partial charge in [0.25, 0.3) is 0 Å². The fourth-order valence-electron chi connectivity index (χ4n) is 1.96. The summed E-state index contributed by atoms with van der Waals surface area (Å²) in [5, 5.41) is 22.6. The molecule has 0 aliphatic heterocycles. The molecule has 7 heteroatoms. The zero-order chi connectivity index (χ0) is 15.4. The maximum Gasteiger partial charge on any atom is 0.156 e. The number of ether oxygens (including phenoxy) is 1. The van der Waals surface area contributed by atoms with E-state index in [4.69, 9.17) is 15.6 Å². The second-order valence-electron chi connectivity index (χ2n) is 4.51. The highest BCUT2D eigenvalue weighted by molar-refractivity contribution is 5.91. The number of benzene rings is 1. The molecule has 2 aromatic rings. The van der Waals surface area contributed by atoms with Crippen LogP contribution in [0.15, 0.2) is 24.3 Å². The zero-order valence-electron chi connectivity index (χ0n) is 11.6. The molecule has 7 nitrogen and oxygen atoms in total. The number of aliphatic hydroxyl groups excluding tert-OH is 2.